The van der Waals surface area contributed by atoms with E-state index in [0.717, 1.165) is 16.8 Å². The van der Waals surface area contributed by atoms with Gasteiger partial charge in [0.2, 0.25) is 5.91 Å². The summed E-state index contributed by atoms with van der Waals surface area (Å²) in [5.74, 6) is -0.636. The highest BCUT2D eigenvalue weighted by atomic mass is 19.1. The predicted octanol–water partition coefficient (Wildman–Crippen LogP) is 3.25. The Morgan fingerprint density at radius 3 is 2.76 bits per heavy atom. The molecule has 1 aliphatic rings. The van der Waals surface area contributed by atoms with Crippen molar-refractivity contribution < 1.29 is 14.0 Å². The predicted molar refractivity (Wildman–Crippen MR) is 78.0 cm³/mol. The Bertz CT molecular complexity index is 752. The van der Waals surface area contributed by atoms with E-state index in [2.05, 4.69) is 5.32 Å². The molecule has 2 aromatic carbocycles. The Morgan fingerprint density at radius 2 is 1.95 bits per heavy atom. The number of ketones is 1. The Hall–Kier alpha value is -2.49. The van der Waals surface area contributed by atoms with Crippen molar-refractivity contribution in [2.24, 2.45) is 0 Å². The minimum atomic E-state index is -0.422. The molecule has 0 saturated carbocycles. The van der Waals surface area contributed by atoms with E-state index in [1.807, 2.05) is 0 Å². The Morgan fingerprint density at radius 1 is 1.14 bits per heavy atom. The molecule has 4 heteroatoms. The van der Waals surface area contributed by atoms with Crippen LogP contribution >= 0.6 is 0 Å². The first-order valence-electron chi connectivity index (χ1n) is 6.78. The number of amides is 1. The molecule has 0 atom stereocenters. The normalized spacial score (nSPS) is 13.5. The lowest BCUT2D eigenvalue weighted by Crippen LogP contribution is -2.19. The van der Waals surface area contributed by atoms with E-state index in [1.54, 1.807) is 31.2 Å². The molecular formula is C17H14FNO2. The van der Waals surface area contributed by atoms with E-state index in [1.165, 1.54) is 12.1 Å². The summed E-state index contributed by atoms with van der Waals surface area (Å²) in [6.45, 7) is 1.78. The van der Waals surface area contributed by atoms with Crippen LogP contribution in [-0.2, 0) is 11.2 Å². The fourth-order valence-electron chi connectivity index (χ4n) is 2.52. The maximum Gasteiger partial charge on any atom is 0.224 e. The van der Waals surface area contributed by atoms with Gasteiger partial charge in [-0.3, -0.25) is 9.59 Å². The standard InChI is InChI=1S/C17H14FNO2/c1-10-2-5-13(18)9-14(10)17(21)12-3-6-15-11(8-12)4-7-16(20)19-15/h2-3,5-6,8-9H,4,7H2,1H3,(H,19,20). The van der Waals surface area contributed by atoms with Crippen LogP contribution in [0.5, 0.6) is 0 Å². The van der Waals surface area contributed by atoms with Gasteiger partial charge in [-0.15, -0.1) is 0 Å². The number of halogens is 1. The Labute approximate surface area is 121 Å². The number of fused-ring (bicyclic) bond motifs is 1. The molecule has 2 aromatic rings. The molecule has 0 fully saturated rings. The zero-order valence-corrected chi connectivity index (χ0v) is 11.6. The highest BCUT2D eigenvalue weighted by Gasteiger charge is 2.18. The average molecular weight is 283 g/mol. The van der Waals surface area contributed by atoms with E-state index in [9.17, 15) is 14.0 Å². The van der Waals surface area contributed by atoms with Crippen LogP contribution in [0.25, 0.3) is 0 Å². The molecule has 21 heavy (non-hydrogen) atoms. The molecule has 3 rings (SSSR count). The van der Waals surface area contributed by atoms with Crippen molar-refractivity contribution in [3.05, 3.63) is 64.5 Å². The first-order chi connectivity index (χ1) is 10.0. The summed E-state index contributed by atoms with van der Waals surface area (Å²) in [5.41, 5.74) is 3.31. The van der Waals surface area contributed by atoms with Gasteiger partial charge in [0.25, 0.3) is 0 Å². The van der Waals surface area contributed by atoms with Gasteiger partial charge in [-0.05, 0) is 54.8 Å². The molecule has 1 amide bonds. The third-order valence-electron chi connectivity index (χ3n) is 3.71. The smallest absolute Gasteiger partial charge is 0.224 e. The van der Waals surface area contributed by atoms with Crippen LogP contribution < -0.4 is 5.32 Å². The van der Waals surface area contributed by atoms with Crippen LogP contribution in [0.15, 0.2) is 36.4 Å². The monoisotopic (exact) mass is 283 g/mol. The third-order valence-corrected chi connectivity index (χ3v) is 3.71. The van der Waals surface area contributed by atoms with Crippen molar-refractivity contribution in [3.8, 4) is 0 Å². The summed E-state index contributed by atoms with van der Waals surface area (Å²) in [5, 5.41) is 2.78. The van der Waals surface area contributed by atoms with Gasteiger partial charge >= 0.3 is 0 Å². The number of aryl methyl sites for hydroxylation is 2. The summed E-state index contributed by atoms with van der Waals surface area (Å²) >= 11 is 0. The van der Waals surface area contributed by atoms with Gasteiger partial charge in [-0.1, -0.05) is 6.07 Å². The number of hydrogen-bond donors (Lipinski definition) is 1. The van der Waals surface area contributed by atoms with E-state index >= 15 is 0 Å². The van der Waals surface area contributed by atoms with Crippen molar-refractivity contribution in [2.75, 3.05) is 5.32 Å². The van der Waals surface area contributed by atoms with Gasteiger partial charge in [-0.25, -0.2) is 4.39 Å². The summed E-state index contributed by atoms with van der Waals surface area (Å²) in [7, 11) is 0. The molecule has 0 aromatic heterocycles. The van der Waals surface area contributed by atoms with Gasteiger partial charge in [0.1, 0.15) is 5.82 Å². The molecular weight excluding hydrogens is 269 g/mol. The molecule has 0 unspecified atom stereocenters. The summed E-state index contributed by atoms with van der Waals surface area (Å²) in [4.78, 5) is 23.8. The molecule has 106 valence electrons. The molecule has 0 aliphatic carbocycles. The molecule has 0 radical (unpaired) electrons. The highest BCUT2D eigenvalue weighted by Crippen LogP contribution is 2.25. The highest BCUT2D eigenvalue weighted by molar-refractivity contribution is 6.10. The second-order valence-electron chi connectivity index (χ2n) is 5.21. The zero-order valence-electron chi connectivity index (χ0n) is 11.6. The number of anilines is 1. The molecule has 1 N–H and O–H groups in total. The number of carbonyl (C=O) groups excluding carboxylic acids is 2. The average Bonchev–Trinajstić information content (AvgIpc) is 2.48. The second kappa shape index (κ2) is 5.13. The first kappa shape index (κ1) is 13.5. The Kier molecular flexibility index (Phi) is 3.29. The van der Waals surface area contributed by atoms with Crippen molar-refractivity contribution in [1.29, 1.82) is 0 Å². The van der Waals surface area contributed by atoms with Crippen LogP contribution in [0.4, 0.5) is 10.1 Å². The van der Waals surface area contributed by atoms with Crippen LogP contribution in [0.3, 0.4) is 0 Å². The Balaban J connectivity index is 1.99. The lowest BCUT2D eigenvalue weighted by Gasteiger charge is -2.17. The van der Waals surface area contributed by atoms with Gasteiger partial charge in [0, 0.05) is 23.2 Å². The number of hydrogen-bond acceptors (Lipinski definition) is 2. The zero-order chi connectivity index (χ0) is 15.0. The molecule has 0 spiro atoms. The number of carbonyl (C=O) groups is 2. The molecule has 1 aliphatic heterocycles. The van der Waals surface area contributed by atoms with E-state index in [0.29, 0.717) is 24.0 Å². The van der Waals surface area contributed by atoms with Gasteiger partial charge in [0.05, 0.1) is 0 Å². The number of benzene rings is 2. The fraction of sp³-hybridized carbons (Fsp3) is 0.176. The van der Waals surface area contributed by atoms with Crippen LogP contribution in [0.2, 0.25) is 0 Å². The van der Waals surface area contributed by atoms with Crippen molar-refractivity contribution in [1.82, 2.24) is 0 Å². The molecule has 0 bridgehead atoms. The minimum absolute atomic E-state index is 0.0115. The summed E-state index contributed by atoms with van der Waals surface area (Å²) in [6.07, 6.45) is 1.04. The third kappa shape index (κ3) is 2.57. The summed E-state index contributed by atoms with van der Waals surface area (Å²) in [6, 6.07) is 9.38. The number of nitrogens with one attached hydrogen (secondary N) is 1. The second-order valence-corrected chi connectivity index (χ2v) is 5.21. The first-order valence-corrected chi connectivity index (χ1v) is 6.78. The van der Waals surface area contributed by atoms with Crippen molar-refractivity contribution in [3.63, 3.8) is 0 Å². The minimum Gasteiger partial charge on any atom is -0.326 e. The van der Waals surface area contributed by atoms with Gasteiger partial charge in [-0.2, -0.15) is 0 Å². The van der Waals surface area contributed by atoms with Crippen LogP contribution in [0, 0.1) is 12.7 Å². The van der Waals surface area contributed by atoms with E-state index in [-0.39, 0.29) is 11.7 Å². The van der Waals surface area contributed by atoms with Gasteiger partial charge < -0.3 is 5.32 Å². The SMILES string of the molecule is Cc1ccc(F)cc1C(=O)c1ccc2c(c1)CCC(=O)N2. The fourth-order valence-corrected chi connectivity index (χ4v) is 2.52. The van der Waals surface area contributed by atoms with E-state index in [4.69, 9.17) is 0 Å². The number of rotatable bonds is 2. The van der Waals surface area contributed by atoms with Crippen LogP contribution in [0.1, 0.15) is 33.5 Å². The topological polar surface area (TPSA) is 46.2 Å². The summed E-state index contributed by atoms with van der Waals surface area (Å²) < 4.78 is 13.3. The molecule has 1 heterocycles. The van der Waals surface area contributed by atoms with Gasteiger partial charge in [0.15, 0.2) is 5.78 Å². The van der Waals surface area contributed by atoms with Crippen LogP contribution in [-0.4, -0.2) is 11.7 Å². The van der Waals surface area contributed by atoms with Crippen molar-refractivity contribution >= 4 is 17.4 Å². The largest absolute Gasteiger partial charge is 0.326 e. The maximum absolute atomic E-state index is 13.3. The molecule has 0 saturated heterocycles. The maximum atomic E-state index is 13.3. The molecule has 3 nitrogen and oxygen atoms in total. The lowest BCUT2D eigenvalue weighted by atomic mass is 9.94. The quantitative estimate of drug-likeness (QED) is 0.860. The van der Waals surface area contributed by atoms with Crippen molar-refractivity contribution in [2.45, 2.75) is 19.8 Å². The lowest BCUT2D eigenvalue weighted by molar-refractivity contribution is -0.116. The van der Waals surface area contributed by atoms with E-state index < -0.39 is 5.82 Å².